The van der Waals surface area contributed by atoms with E-state index in [4.69, 9.17) is 4.74 Å². The van der Waals surface area contributed by atoms with Crippen molar-refractivity contribution >= 4 is 11.8 Å². The average molecular weight is 264 g/mol. The van der Waals surface area contributed by atoms with Crippen molar-refractivity contribution in [2.75, 3.05) is 38.2 Å². The maximum absolute atomic E-state index is 11.8. The lowest BCUT2D eigenvalue weighted by atomic mass is 10.3. The summed E-state index contributed by atoms with van der Waals surface area (Å²) in [6, 6.07) is 5.26. The Bertz CT molecular complexity index is 393. The van der Waals surface area contributed by atoms with Crippen molar-refractivity contribution in [2.24, 2.45) is 0 Å². The predicted octanol–water partition coefficient (Wildman–Crippen LogP) is 0.924. The zero-order chi connectivity index (χ0) is 13.5. The van der Waals surface area contributed by atoms with E-state index in [0.717, 1.165) is 32.8 Å². The van der Waals surface area contributed by atoms with Gasteiger partial charge in [-0.15, -0.1) is 0 Å². The van der Waals surface area contributed by atoms with E-state index in [1.54, 1.807) is 12.3 Å². The van der Waals surface area contributed by atoms with E-state index in [-0.39, 0.29) is 12.1 Å². The Labute approximate surface area is 113 Å². The third-order valence-corrected chi connectivity index (χ3v) is 2.92. The zero-order valence-electron chi connectivity index (χ0n) is 11.1. The number of morpholine rings is 1. The number of rotatable bonds is 4. The van der Waals surface area contributed by atoms with Gasteiger partial charge in [0.15, 0.2) is 0 Å². The molecule has 2 heterocycles. The number of carbonyl (C=O) groups excluding carboxylic acids is 1. The van der Waals surface area contributed by atoms with Gasteiger partial charge in [-0.2, -0.15) is 0 Å². The first kappa shape index (κ1) is 13.8. The van der Waals surface area contributed by atoms with Crippen LogP contribution in [0.3, 0.4) is 0 Å². The number of carbonyl (C=O) groups is 1. The summed E-state index contributed by atoms with van der Waals surface area (Å²) in [5, 5.41) is 5.61. The standard InChI is InChI=1S/C13H20N4O2/c1-11(10-17-6-8-19-9-7-17)15-13(18)16-12-4-2-3-5-14-12/h2-5,11H,6-10H2,1H3,(H2,14,15,16,18). The highest BCUT2D eigenvalue weighted by Gasteiger charge is 2.15. The molecule has 1 saturated heterocycles. The van der Waals surface area contributed by atoms with Crippen LogP contribution in [0.15, 0.2) is 24.4 Å². The summed E-state index contributed by atoms with van der Waals surface area (Å²) in [5.41, 5.74) is 0. The molecular weight excluding hydrogens is 244 g/mol. The van der Waals surface area contributed by atoms with E-state index >= 15 is 0 Å². The van der Waals surface area contributed by atoms with E-state index in [1.807, 2.05) is 19.1 Å². The number of nitrogens with one attached hydrogen (secondary N) is 2. The number of anilines is 1. The number of amides is 2. The molecule has 2 rings (SSSR count). The van der Waals surface area contributed by atoms with Crippen LogP contribution in [0.25, 0.3) is 0 Å². The van der Waals surface area contributed by atoms with Crippen molar-refractivity contribution in [3.8, 4) is 0 Å². The number of hydrogen-bond acceptors (Lipinski definition) is 4. The van der Waals surface area contributed by atoms with Gasteiger partial charge in [0, 0.05) is 31.9 Å². The molecule has 0 aliphatic carbocycles. The summed E-state index contributed by atoms with van der Waals surface area (Å²) in [5.74, 6) is 0.554. The van der Waals surface area contributed by atoms with Gasteiger partial charge >= 0.3 is 6.03 Å². The molecule has 0 aromatic carbocycles. The van der Waals surface area contributed by atoms with Gasteiger partial charge in [-0.3, -0.25) is 10.2 Å². The van der Waals surface area contributed by atoms with Crippen LogP contribution in [0.2, 0.25) is 0 Å². The summed E-state index contributed by atoms with van der Waals surface area (Å²) < 4.78 is 5.29. The normalized spacial score (nSPS) is 17.7. The van der Waals surface area contributed by atoms with Crippen LogP contribution < -0.4 is 10.6 Å². The van der Waals surface area contributed by atoms with Gasteiger partial charge in [0.2, 0.25) is 0 Å². The summed E-state index contributed by atoms with van der Waals surface area (Å²) in [6.07, 6.45) is 1.65. The molecule has 6 nitrogen and oxygen atoms in total. The Balaban J connectivity index is 1.72. The van der Waals surface area contributed by atoms with Gasteiger partial charge in [-0.05, 0) is 19.1 Å². The smallest absolute Gasteiger partial charge is 0.320 e. The lowest BCUT2D eigenvalue weighted by Crippen LogP contribution is -2.47. The molecule has 1 aliphatic rings. The maximum atomic E-state index is 11.8. The minimum atomic E-state index is -0.223. The Morgan fingerprint density at radius 1 is 1.47 bits per heavy atom. The van der Waals surface area contributed by atoms with Gasteiger partial charge in [-0.25, -0.2) is 9.78 Å². The summed E-state index contributed by atoms with van der Waals surface area (Å²) in [7, 11) is 0. The highest BCUT2D eigenvalue weighted by atomic mass is 16.5. The number of aromatic nitrogens is 1. The molecule has 0 radical (unpaired) electrons. The van der Waals surface area contributed by atoms with Crippen molar-refractivity contribution in [2.45, 2.75) is 13.0 Å². The molecule has 19 heavy (non-hydrogen) atoms. The zero-order valence-corrected chi connectivity index (χ0v) is 11.1. The lowest BCUT2D eigenvalue weighted by molar-refractivity contribution is 0.0350. The number of ether oxygens (including phenoxy) is 1. The first-order chi connectivity index (χ1) is 9.24. The van der Waals surface area contributed by atoms with E-state index in [9.17, 15) is 4.79 Å². The van der Waals surface area contributed by atoms with Crippen LogP contribution >= 0.6 is 0 Å². The molecule has 6 heteroatoms. The molecule has 0 spiro atoms. The topological polar surface area (TPSA) is 66.5 Å². The Hall–Kier alpha value is -1.66. The van der Waals surface area contributed by atoms with Crippen LogP contribution in [-0.4, -0.2) is 54.8 Å². The van der Waals surface area contributed by atoms with Crippen LogP contribution in [0, 0.1) is 0 Å². The predicted molar refractivity (Wildman–Crippen MR) is 73.1 cm³/mol. The summed E-state index contributed by atoms with van der Waals surface area (Å²) in [4.78, 5) is 18.1. The number of nitrogens with zero attached hydrogens (tertiary/aromatic N) is 2. The van der Waals surface area contributed by atoms with Crippen molar-refractivity contribution in [1.29, 1.82) is 0 Å². The van der Waals surface area contributed by atoms with Crippen LogP contribution in [0.5, 0.6) is 0 Å². The van der Waals surface area contributed by atoms with Crippen LogP contribution in [0.1, 0.15) is 6.92 Å². The monoisotopic (exact) mass is 264 g/mol. The molecule has 1 aromatic heterocycles. The second-order valence-electron chi connectivity index (χ2n) is 4.63. The van der Waals surface area contributed by atoms with Crippen molar-refractivity contribution in [1.82, 2.24) is 15.2 Å². The summed E-state index contributed by atoms with van der Waals surface area (Å²) in [6.45, 7) is 6.22. The third kappa shape index (κ3) is 4.84. The number of pyridine rings is 1. The molecule has 1 aromatic rings. The molecular formula is C13H20N4O2. The highest BCUT2D eigenvalue weighted by Crippen LogP contribution is 2.01. The van der Waals surface area contributed by atoms with E-state index in [0.29, 0.717) is 5.82 Å². The van der Waals surface area contributed by atoms with Gasteiger partial charge in [0.05, 0.1) is 13.2 Å². The quantitative estimate of drug-likeness (QED) is 0.849. The fraction of sp³-hybridized carbons (Fsp3) is 0.538. The molecule has 0 bridgehead atoms. The molecule has 1 fully saturated rings. The maximum Gasteiger partial charge on any atom is 0.320 e. The third-order valence-electron chi connectivity index (χ3n) is 2.92. The van der Waals surface area contributed by atoms with Gasteiger partial charge < -0.3 is 10.1 Å². The average Bonchev–Trinajstić information content (AvgIpc) is 2.40. The van der Waals surface area contributed by atoms with Crippen LogP contribution in [0.4, 0.5) is 10.6 Å². The highest BCUT2D eigenvalue weighted by molar-refractivity contribution is 5.88. The van der Waals surface area contributed by atoms with Crippen LogP contribution in [-0.2, 0) is 4.74 Å². The molecule has 1 unspecified atom stereocenters. The Morgan fingerprint density at radius 3 is 2.95 bits per heavy atom. The fourth-order valence-corrected chi connectivity index (χ4v) is 2.03. The van der Waals surface area contributed by atoms with E-state index < -0.39 is 0 Å². The minimum Gasteiger partial charge on any atom is -0.379 e. The van der Waals surface area contributed by atoms with Gasteiger partial charge in [0.25, 0.3) is 0 Å². The van der Waals surface area contributed by atoms with Crippen molar-refractivity contribution in [3.05, 3.63) is 24.4 Å². The van der Waals surface area contributed by atoms with E-state index in [2.05, 4.69) is 20.5 Å². The molecule has 1 atom stereocenters. The molecule has 104 valence electrons. The minimum absolute atomic E-state index is 0.0850. The SMILES string of the molecule is CC(CN1CCOCC1)NC(=O)Nc1ccccn1. The van der Waals surface area contributed by atoms with Crippen molar-refractivity contribution < 1.29 is 9.53 Å². The second kappa shape index (κ2) is 7.06. The Morgan fingerprint density at radius 2 is 2.26 bits per heavy atom. The molecule has 1 aliphatic heterocycles. The first-order valence-corrected chi connectivity index (χ1v) is 6.52. The van der Waals surface area contributed by atoms with Gasteiger partial charge in [-0.1, -0.05) is 6.07 Å². The fourth-order valence-electron chi connectivity index (χ4n) is 2.03. The molecule has 2 amide bonds. The molecule has 2 N–H and O–H groups in total. The summed E-state index contributed by atoms with van der Waals surface area (Å²) >= 11 is 0. The first-order valence-electron chi connectivity index (χ1n) is 6.52. The van der Waals surface area contributed by atoms with Crippen molar-refractivity contribution in [3.63, 3.8) is 0 Å². The largest absolute Gasteiger partial charge is 0.379 e. The second-order valence-corrected chi connectivity index (χ2v) is 4.63. The number of hydrogen-bond donors (Lipinski definition) is 2. The van der Waals surface area contributed by atoms with Gasteiger partial charge in [0.1, 0.15) is 5.82 Å². The number of urea groups is 1. The molecule has 0 saturated carbocycles. The van der Waals surface area contributed by atoms with E-state index in [1.165, 1.54) is 0 Å². The lowest BCUT2D eigenvalue weighted by Gasteiger charge is -2.29. The Kier molecular flexibility index (Phi) is 5.11.